The molecule has 0 aliphatic heterocycles. The van der Waals surface area contributed by atoms with Crippen molar-refractivity contribution in [3.63, 3.8) is 0 Å². The Hall–Kier alpha value is -7.72. The van der Waals surface area contributed by atoms with Crippen LogP contribution in [-0.2, 0) is 0 Å². The second kappa shape index (κ2) is 11.9. The molecule has 3 aromatic carbocycles. The highest BCUT2D eigenvalue weighted by Crippen LogP contribution is 2.55. The van der Waals surface area contributed by atoms with Gasteiger partial charge in [0, 0.05) is 93.5 Å². The second-order valence-electron chi connectivity index (χ2n) is 13.0. The third kappa shape index (κ3) is 4.53. The van der Waals surface area contributed by atoms with Gasteiger partial charge >= 0.3 is 0 Å². The zero-order valence-corrected chi connectivity index (χ0v) is 28.5. The zero-order chi connectivity index (χ0) is 35.6. The van der Waals surface area contributed by atoms with E-state index in [1.54, 1.807) is 37.2 Å². The highest BCUT2D eigenvalue weighted by Gasteiger charge is 2.34. The number of furan rings is 1. The summed E-state index contributed by atoms with van der Waals surface area (Å²) in [7, 11) is 0. The van der Waals surface area contributed by atoms with Crippen molar-refractivity contribution >= 4 is 38.2 Å². The molecule has 0 amide bonds. The molecular weight excluding hydrogens is 671 g/mol. The fourth-order valence-corrected chi connectivity index (χ4v) is 7.79. The summed E-state index contributed by atoms with van der Waals surface area (Å²) in [5, 5.41) is 13.1. The molecule has 11 aromatic rings. The molecule has 2 N–H and O–H groups in total. The number of benzene rings is 3. The highest BCUT2D eigenvalue weighted by molar-refractivity contribution is 6.23. The standard InChI is InChI=1S/C44H27N9O/c1-3-11-28-27(10-1)24-49-41(28)43-38(32-23-26-9-2-4-12-30(26)51-32)39-35(29-15-22-53-21-6-5-14-34(29)53)36(33-25-45-19-20-46-33)40(44-47-16-8-17-48-44)37(42(39)54-43)31-13-7-18-50-52-31/h1-25,49,51H. The van der Waals surface area contributed by atoms with Crippen molar-refractivity contribution in [1.29, 1.82) is 0 Å². The van der Waals surface area contributed by atoms with Gasteiger partial charge in [-0.15, -0.1) is 0 Å². The minimum atomic E-state index is 0.487. The Morgan fingerprint density at radius 1 is 0.630 bits per heavy atom. The zero-order valence-electron chi connectivity index (χ0n) is 28.5. The van der Waals surface area contributed by atoms with Gasteiger partial charge in [0.05, 0.1) is 45.6 Å². The molecule has 10 heteroatoms. The Labute approximate surface area is 306 Å². The maximum absolute atomic E-state index is 7.37. The molecule has 254 valence electrons. The average Bonchev–Trinajstić information content (AvgIpc) is 4.04. The van der Waals surface area contributed by atoms with E-state index in [0.717, 1.165) is 66.2 Å². The Balaban J connectivity index is 1.44. The summed E-state index contributed by atoms with van der Waals surface area (Å²) >= 11 is 0. The molecule has 0 spiro atoms. The van der Waals surface area contributed by atoms with Crippen LogP contribution >= 0.6 is 0 Å². The number of rotatable bonds is 6. The van der Waals surface area contributed by atoms with E-state index in [2.05, 4.69) is 91.4 Å². The molecule has 0 radical (unpaired) electrons. The molecular formula is C44H27N9O. The van der Waals surface area contributed by atoms with Gasteiger partial charge in [0.1, 0.15) is 5.58 Å². The maximum Gasteiger partial charge on any atom is 0.161 e. The molecule has 8 aromatic heterocycles. The van der Waals surface area contributed by atoms with Crippen LogP contribution in [0, 0.1) is 0 Å². The molecule has 11 rings (SSSR count). The van der Waals surface area contributed by atoms with E-state index >= 15 is 0 Å². The number of nitrogens with zero attached hydrogens (tertiary/aromatic N) is 7. The predicted molar refractivity (Wildman–Crippen MR) is 210 cm³/mol. The smallest absolute Gasteiger partial charge is 0.161 e. The first-order valence-corrected chi connectivity index (χ1v) is 17.5. The van der Waals surface area contributed by atoms with E-state index in [4.69, 9.17) is 24.5 Å². The minimum absolute atomic E-state index is 0.487. The van der Waals surface area contributed by atoms with Gasteiger partial charge in [-0.2, -0.15) is 10.2 Å². The maximum atomic E-state index is 7.37. The number of para-hydroxylation sites is 1. The Morgan fingerprint density at radius 3 is 2.35 bits per heavy atom. The number of aromatic nitrogens is 9. The topological polar surface area (TPSA) is 126 Å². The van der Waals surface area contributed by atoms with Crippen molar-refractivity contribution in [1.82, 2.24) is 44.5 Å². The van der Waals surface area contributed by atoms with Crippen molar-refractivity contribution in [2.75, 3.05) is 0 Å². The van der Waals surface area contributed by atoms with Crippen molar-refractivity contribution in [2.24, 2.45) is 0 Å². The van der Waals surface area contributed by atoms with E-state index in [1.165, 1.54) is 0 Å². The summed E-state index contributed by atoms with van der Waals surface area (Å²) in [6.07, 6.45) is 16.5. The molecule has 0 unspecified atom stereocenters. The van der Waals surface area contributed by atoms with Crippen molar-refractivity contribution in [3.05, 3.63) is 153 Å². The second-order valence-corrected chi connectivity index (χ2v) is 13.0. The molecule has 0 saturated heterocycles. The summed E-state index contributed by atoms with van der Waals surface area (Å²) in [6.45, 7) is 0. The predicted octanol–water partition coefficient (Wildman–Crippen LogP) is 10.0. The van der Waals surface area contributed by atoms with Crippen LogP contribution in [0.1, 0.15) is 0 Å². The first kappa shape index (κ1) is 30.0. The fourth-order valence-electron chi connectivity index (χ4n) is 7.79. The van der Waals surface area contributed by atoms with Gasteiger partial charge in [0.15, 0.2) is 11.6 Å². The van der Waals surface area contributed by atoms with E-state index in [0.29, 0.717) is 39.7 Å². The molecule has 54 heavy (non-hydrogen) atoms. The number of nitrogens with one attached hydrogen (secondary N) is 2. The molecule has 0 aliphatic rings. The van der Waals surface area contributed by atoms with Crippen LogP contribution in [-0.4, -0.2) is 44.5 Å². The number of aromatic amines is 2. The molecule has 0 aliphatic carbocycles. The van der Waals surface area contributed by atoms with E-state index in [9.17, 15) is 0 Å². The third-order valence-electron chi connectivity index (χ3n) is 10.0. The molecule has 0 atom stereocenters. The van der Waals surface area contributed by atoms with Crippen LogP contribution in [0.2, 0.25) is 0 Å². The molecule has 10 nitrogen and oxygen atoms in total. The number of hydrogen-bond donors (Lipinski definition) is 2. The Kier molecular flexibility index (Phi) is 6.62. The van der Waals surface area contributed by atoms with Gasteiger partial charge < -0.3 is 18.8 Å². The van der Waals surface area contributed by atoms with Crippen molar-refractivity contribution < 1.29 is 4.42 Å². The lowest BCUT2D eigenvalue weighted by molar-refractivity contribution is 0.631. The van der Waals surface area contributed by atoms with Crippen molar-refractivity contribution in [3.8, 4) is 67.7 Å². The monoisotopic (exact) mass is 697 g/mol. The molecule has 0 saturated carbocycles. The minimum Gasteiger partial charge on any atom is -0.453 e. The van der Waals surface area contributed by atoms with Gasteiger partial charge in [-0.05, 0) is 53.9 Å². The van der Waals surface area contributed by atoms with Crippen LogP contribution in [0.15, 0.2) is 157 Å². The highest BCUT2D eigenvalue weighted by atomic mass is 16.3. The lowest BCUT2D eigenvalue weighted by Crippen LogP contribution is -2.01. The SMILES string of the molecule is c1cnc(-c2c(-c3cnccn3)c(-c3ccn4ccccc34)c3c(-c4cc5ccccc5[nH]4)c(-c4[nH]cc5ccccc45)oc3c2-c2cccnn2)nc1. The summed E-state index contributed by atoms with van der Waals surface area (Å²) in [4.78, 5) is 26.6. The molecule has 0 fully saturated rings. The normalized spacial score (nSPS) is 11.7. The van der Waals surface area contributed by atoms with Crippen molar-refractivity contribution in [2.45, 2.75) is 0 Å². The number of fused-ring (bicyclic) bond motifs is 4. The van der Waals surface area contributed by atoms with Gasteiger partial charge in [0.2, 0.25) is 0 Å². The van der Waals surface area contributed by atoms with Gasteiger partial charge in [-0.3, -0.25) is 9.97 Å². The number of pyridine rings is 1. The molecule has 8 heterocycles. The van der Waals surface area contributed by atoms with Crippen LogP contribution in [0.4, 0.5) is 0 Å². The lowest BCUT2D eigenvalue weighted by atomic mass is 9.84. The van der Waals surface area contributed by atoms with E-state index in [-0.39, 0.29) is 0 Å². The first-order valence-electron chi connectivity index (χ1n) is 17.5. The lowest BCUT2D eigenvalue weighted by Gasteiger charge is -2.19. The van der Waals surface area contributed by atoms with Crippen LogP contribution < -0.4 is 0 Å². The summed E-state index contributed by atoms with van der Waals surface area (Å²) in [5.41, 5.74) is 10.6. The first-order chi connectivity index (χ1) is 26.8. The average molecular weight is 698 g/mol. The third-order valence-corrected chi connectivity index (χ3v) is 10.0. The van der Waals surface area contributed by atoms with E-state index in [1.807, 2.05) is 48.7 Å². The summed E-state index contributed by atoms with van der Waals surface area (Å²) < 4.78 is 9.50. The summed E-state index contributed by atoms with van der Waals surface area (Å²) in [6, 6.07) is 32.8. The van der Waals surface area contributed by atoms with Crippen LogP contribution in [0.5, 0.6) is 0 Å². The number of H-pyrrole nitrogens is 2. The fraction of sp³-hybridized carbons (Fsp3) is 0. The molecule has 0 bridgehead atoms. The quantitative estimate of drug-likeness (QED) is 0.177. The van der Waals surface area contributed by atoms with Gasteiger partial charge in [0.25, 0.3) is 0 Å². The largest absolute Gasteiger partial charge is 0.453 e. The Bertz CT molecular complexity index is 3130. The number of hydrogen-bond acceptors (Lipinski definition) is 7. The van der Waals surface area contributed by atoms with Gasteiger partial charge in [-0.1, -0.05) is 48.5 Å². The van der Waals surface area contributed by atoms with Gasteiger partial charge in [-0.25, -0.2) is 9.97 Å². The van der Waals surface area contributed by atoms with E-state index < -0.39 is 0 Å². The van der Waals surface area contributed by atoms with Crippen LogP contribution in [0.25, 0.3) is 106 Å². The Morgan fingerprint density at radius 2 is 1.50 bits per heavy atom. The van der Waals surface area contributed by atoms with Crippen LogP contribution in [0.3, 0.4) is 0 Å². The summed E-state index contributed by atoms with van der Waals surface area (Å²) in [5.74, 6) is 1.16.